The monoisotopic (exact) mass is 400 g/mol. The average molecular weight is 401 g/mol. The minimum absolute atomic E-state index is 0.183. The highest BCUT2D eigenvalue weighted by Crippen LogP contribution is 2.28. The van der Waals surface area contributed by atoms with Crippen LogP contribution in [0.1, 0.15) is 76.8 Å². The van der Waals surface area contributed by atoms with Crippen molar-refractivity contribution in [1.82, 2.24) is 9.80 Å². The summed E-state index contributed by atoms with van der Waals surface area (Å²) in [6.07, 6.45) is 11.0. The van der Waals surface area contributed by atoms with Gasteiger partial charge in [0, 0.05) is 32.7 Å². The highest BCUT2D eigenvalue weighted by atomic mass is 16.6. The van der Waals surface area contributed by atoms with Crippen molar-refractivity contribution in [3.63, 3.8) is 0 Å². The predicted molar refractivity (Wildman–Crippen MR) is 119 cm³/mol. The van der Waals surface area contributed by atoms with Crippen molar-refractivity contribution < 1.29 is 9.53 Å². The molecule has 1 saturated carbocycles. The van der Waals surface area contributed by atoms with Gasteiger partial charge in [-0.25, -0.2) is 4.79 Å². The van der Waals surface area contributed by atoms with Crippen LogP contribution in [0.4, 0.5) is 4.79 Å². The molecule has 1 aromatic rings. The Morgan fingerprint density at radius 2 is 1.72 bits per heavy atom. The van der Waals surface area contributed by atoms with Crippen LogP contribution in [0.2, 0.25) is 0 Å². The van der Waals surface area contributed by atoms with Crippen molar-refractivity contribution in [2.75, 3.05) is 26.2 Å². The van der Waals surface area contributed by atoms with E-state index in [4.69, 9.17) is 4.74 Å². The Hall–Kier alpha value is -1.55. The van der Waals surface area contributed by atoms with E-state index >= 15 is 0 Å². The molecule has 0 bridgehead atoms. The molecular formula is C25H40N2O2. The Labute approximate surface area is 177 Å². The van der Waals surface area contributed by atoms with Crippen LogP contribution in [0.3, 0.4) is 0 Å². The summed E-state index contributed by atoms with van der Waals surface area (Å²) in [5, 5.41) is 0. The summed E-state index contributed by atoms with van der Waals surface area (Å²) in [6.45, 7) is 10.0. The molecule has 162 valence electrons. The summed E-state index contributed by atoms with van der Waals surface area (Å²) in [6, 6.07) is 9.12. The second-order valence-corrected chi connectivity index (χ2v) is 9.96. The van der Waals surface area contributed by atoms with Gasteiger partial charge in [0.1, 0.15) is 5.60 Å². The molecule has 1 aliphatic carbocycles. The largest absolute Gasteiger partial charge is 0.444 e. The van der Waals surface area contributed by atoms with E-state index in [1.807, 2.05) is 25.7 Å². The predicted octanol–water partition coefficient (Wildman–Crippen LogP) is 5.64. The summed E-state index contributed by atoms with van der Waals surface area (Å²) >= 11 is 0. The number of aryl methyl sites for hydroxylation is 1. The number of piperazine rings is 1. The third-order valence-electron chi connectivity index (χ3n) is 6.22. The summed E-state index contributed by atoms with van der Waals surface area (Å²) in [7, 11) is 0. The SMILES string of the molecule is CC(C)(C)OC(=O)N1CCN(Cc2cccc(CCCC3CCCCC3)c2)CC1. The van der Waals surface area contributed by atoms with E-state index in [0.717, 1.165) is 38.6 Å². The van der Waals surface area contributed by atoms with Crippen molar-refractivity contribution in [3.8, 4) is 0 Å². The van der Waals surface area contributed by atoms with Crippen LogP contribution in [0.25, 0.3) is 0 Å². The van der Waals surface area contributed by atoms with Gasteiger partial charge in [-0.3, -0.25) is 4.90 Å². The number of nitrogens with zero attached hydrogens (tertiary/aromatic N) is 2. The van der Waals surface area contributed by atoms with Gasteiger partial charge in [0.15, 0.2) is 0 Å². The zero-order valence-electron chi connectivity index (χ0n) is 18.8. The first-order valence-corrected chi connectivity index (χ1v) is 11.7. The number of hydrogen-bond donors (Lipinski definition) is 0. The van der Waals surface area contributed by atoms with Gasteiger partial charge < -0.3 is 9.64 Å². The van der Waals surface area contributed by atoms with Gasteiger partial charge in [0.25, 0.3) is 0 Å². The second kappa shape index (κ2) is 10.5. The van der Waals surface area contributed by atoms with Crippen LogP contribution in [0.15, 0.2) is 24.3 Å². The zero-order chi connectivity index (χ0) is 20.7. The number of amides is 1. The van der Waals surface area contributed by atoms with E-state index < -0.39 is 5.60 Å². The van der Waals surface area contributed by atoms with Crippen molar-refractivity contribution in [3.05, 3.63) is 35.4 Å². The molecule has 0 atom stereocenters. The van der Waals surface area contributed by atoms with Crippen molar-refractivity contribution in [1.29, 1.82) is 0 Å². The van der Waals surface area contributed by atoms with Crippen LogP contribution in [-0.4, -0.2) is 47.7 Å². The molecule has 2 fully saturated rings. The fourth-order valence-electron chi connectivity index (χ4n) is 4.63. The van der Waals surface area contributed by atoms with E-state index in [2.05, 4.69) is 29.2 Å². The molecule has 29 heavy (non-hydrogen) atoms. The van der Waals surface area contributed by atoms with Crippen LogP contribution < -0.4 is 0 Å². The maximum atomic E-state index is 12.2. The second-order valence-electron chi connectivity index (χ2n) is 9.96. The minimum Gasteiger partial charge on any atom is -0.444 e. The number of rotatable bonds is 6. The van der Waals surface area contributed by atoms with E-state index in [-0.39, 0.29) is 6.09 Å². The van der Waals surface area contributed by atoms with Crippen molar-refractivity contribution in [2.45, 2.75) is 84.3 Å². The van der Waals surface area contributed by atoms with Crippen molar-refractivity contribution in [2.24, 2.45) is 5.92 Å². The van der Waals surface area contributed by atoms with Gasteiger partial charge in [-0.05, 0) is 50.7 Å². The third-order valence-corrected chi connectivity index (χ3v) is 6.22. The quantitative estimate of drug-likeness (QED) is 0.619. The molecule has 4 heteroatoms. The molecule has 3 rings (SSSR count). The first-order valence-electron chi connectivity index (χ1n) is 11.7. The number of benzene rings is 1. The molecule has 1 heterocycles. The zero-order valence-corrected chi connectivity index (χ0v) is 18.8. The summed E-state index contributed by atoms with van der Waals surface area (Å²) in [5.74, 6) is 0.980. The molecule has 4 nitrogen and oxygen atoms in total. The minimum atomic E-state index is -0.425. The standard InChI is InChI=1S/C25H40N2O2/c1-25(2,3)29-24(28)27-17-15-26(16-18-27)20-23-14-8-13-22(19-23)12-7-11-21-9-5-4-6-10-21/h8,13-14,19,21H,4-7,9-12,15-18,20H2,1-3H3. The lowest BCUT2D eigenvalue weighted by Crippen LogP contribution is -2.49. The number of carbonyl (C=O) groups excluding carboxylic acids is 1. The molecule has 0 aromatic heterocycles. The van der Waals surface area contributed by atoms with Crippen LogP contribution in [0.5, 0.6) is 0 Å². The van der Waals surface area contributed by atoms with Gasteiger partial charge >= 0.3 is 6.09 Å². The maximum absolute atomic E-state index is 12.2. The molecule has 1 aromatic carbocycles. The molecular weight excluding hydrogens is 360 g/mol. The van der Waals surface area contributed by atoms with E-state index in [1.165, 1.54) is 62.5 Å². The Morgan fingerprint density at radius 1 is 1.03 bits per heavy atom. The van der Waals surface area contributed by atoms with Gasteiger partial charge in [0.05, 0.1) is 0 Å². The molecule has 1 aliphatic heterocycles. The molecule has 0 radical (unpaired) electrons. The Morgan fingerprint density at radius 3 is 2.41 bits per heavy atom. The average Bonchev–Trinajstić information content (AvgIpc) is 2.68. The van der Waals surface area contributed by atoms with Crippen LogP contribution >= 0.6 is 0 Å². The first-order chi connectivity index (χ1) is 13.9. The lowest BCUT2D eigenvalue weighted by molar-refractivity contribution is 0.0139. The summed E-state index contributed by atoms with van der Waals surface area (Å²) in [5.41, 5.74) is 2.45. The molecule has 2 aliphatic rings. The number of carbonyl (C=O) groups is 1. The van der Waals surface area contributed by atoms with Gasteiger partial charge in [-0.15, -0.1) is 0 Å². The van der Waals surface area contributed by atoms with Crippen LogP contribution in [0, 0.1) is 5.92 Å². The number of ether oxygens (including phenoxy) is 1. The highest BCUT2D eigenvalue weighted by Gasteiger charge is 2.25. The normalized spacial score (nSPS) is 19.3. The fraction of sp³-hybridized carbons (Fsp3) is 0.720. The molecule has 0 N–H and O–H groups in total. The van der Waals surface area contributed by atoms with E-state index in [1.54, 1.807) is 0 Å². The Kier molecular flexibility index (Phi) is 7.99. The fourth-order valence-corrected chi connectivity index (χ4v) is 4.63. The highest BCUT2D eigenvalue weighted by molar-refractivity contribution is 5.68. The van der Waals surface area contributed by atoms with Crippen LogP contribution in [-0.2, 0) is 17.7 Å². The van der Waals surface area contributed by atoms with E-state index in [0.29, 0.717) is 0 Å². The summed E-state index contributed by atoms with van der Waals surface area (Å²) in [4.78, 5) is 16.5. The molecule has 1 saturated heterocycles. The Balaban J connectivity index is 1.40. The van der Waals surface area contributed by atoms with Gasteiger partial charge in [-0.2, -0.15) is 0 Å². The van der Waals surface area contributed by atoms with Crippen molar-refractivity contribution >= 4 is 6.09 Å². The maximum Gasteiger partial charge on any atom is 0.410 e. The first kappa shape index (κ1) is 22.1. The van der Waals surface area contributed by atoms with E-state index in [9.17, 15) is 4.79 Å². The topological polar surface area (TPSA) is 32.8 Å². The lowest BCUT2D eigenvalue weighted by atomic mass is 9.85. The Bertz CT molecular complexity index is 638. The molecule has 0 unspecified atom stereocenters. The number of hydrogen-bond acceptors (Lipinski definition) is 3. The molecule has 1 amide bonds. The molecule has 0 spiro atoms. The summed E-state index contributed by atoms with van der Waals surface area (Å²) < 4.78 is 5.50. The third kappa shape index (κ3) is 7.65. The lowest BCUT2D eigenvalue weighted by Gasteiger charge is -2.35. The van der Waals surface area contributed by atoms with Gasteiger partial charge in [-0.1, -0.05) is 62.8 Å². The van der Waals surface area contributed by atoms with Gasteiger partial charge in [0.2, 0.25) is 0 Å². The smallest absolute Gasteiger partial charge is 0.410 e.